The Morgan fingerprint density at radius 2 is 2.04 bits per heavy atom. The number of hydrogen-bond acceptors (Lipinski definition) is 2. The molecule has 0 spiro atoms. The molecule has 2 aromatic carbocycles. The Hall–Kier alpha value is -2.82. The molecule has 0 saturated heterocycles. The van der Waals surface area contributed by atoms with E-state index in [2.05, 4.69) is 44.8 Å². The number of hydrogen-bond donors (Lipinski definition) is 2. The van der Waals surface area contributed by atoms with Gasteiger partial charge in [0, 0.05) is 38.4 Å². The Balaban J connectivity index is 1.68. The summed E-state index contributed by atoms with van der Waals surface area (Å²) in [7, 11) is 1.80. The third-order valence-corrected chi connectivity index (χ3v) is 4.05. The molecule has 124 valence electrons. The highest BCUT2D eigenvalue weighted by Crippen LogP contribution is 2.27. The number of amides is 1. The molecule has 5 nitrogen and oxygen atoms in total. The van der Waals surface area contributed by atoms with Gasteiger partial charge in [-0.15, -0.1) is 0 Å². The van der Waals surface area contributed by atoms with E-state index in [1.54, 1.807) is 7.05 Å². The second-order valence-electron chi connectivity index (χ2n) is 5.81. The molecular formula is C19H22N4O. The zero-order valence-corrected chi connectivity index (χ0v) is 14.0. The van der Waals surface area contributed by atoms with Crippen LogP contribution in [0.3, 0.4) is 0 Å². The van der Waals surface area contributed by atoms with Crippen LogP contribution in [0.5, 0.6) is 0 Å². The van der Waals surface area contributed by atoms with Gasteiger partial charge in [0.05, 0.1) is 0 Å². The summed E-state index contributed by atoms with van der Waals surface area (Å²) in [5, 5.41) is 6.22. The van der Waals surface area contributed by atoms with Crippen molar-refractivity contribution < 1.29 is 4.79 Å². The zero-order valence-electron chi connectivity index (χ0n) is 14.0. The van der Waals surface area contributed by atoms with Gasteiger partial charge in [-0.2, -0.15) is 0 Å². The van der Waals surface area contributed by atoms with Gasteiger partial charge in [-0.3, -0.25) is 9.79 Å². The van der Waals surface area contributed by atoms with Gasteiger partial charge in [-0.05, 0) is 35.7 Å². The van der Waals surface area contributed by atoms with Crippen LogP contribution in [0.25, 0.3) is 0 Å². The van der Waals surface area contributed by atoms with Crippen molar-refractivity contribution >= 4 is 23.2 Å². The number of nitrogens with one attached hydrogen (secondary N) is 2. The Kier molecular flexibility index (Phi) is 4.79. The molecule has 0 aromatic heterocycles. The molecular weight excluding hydrogens is 300 g/mol. The number of nitrogens with zero attached hydrogens (tertiary/aromatic N) is 2. The lowest BCUT2D eigenvalue weighted by Gasteiger charge is -2.22. The Morgan fingerprint density at radius 1 is 1.21 bits per heavy atom. The van der Waals surface area contributed by atoms with E-state index in [4.69, 9.17) is 0 Å². The first-order valence-electron chi connectivity index (χ1n) is 8.10. The Morgan fingerprint density at radius 3 is 2.83 bits per heavy atom. The highest BCUT2D eigenvalue weighted by atomic mass is 16.1. The van der Waals surface area contributed by atoms with Crippen molar-refractivity contribution in [1.29, 1.82) is 0 Å². The van der Waals surface area contributed by atoms with E-state index < -0.39 is 0 Å². The fourth-order valence-corrected chi connectivity index (χ4v) is 3.00. The summed E-state index contributed by atoms with van der Waals surface area (Å²) in [6.07, 6.45) is 1.04. The average Bonchev–Trinajstić information content (AvgIpc) is 2.99. The molecule has 0 unspecified atom stereocenters. The topological polar surface area (TPSA) is 56.7 Å². The highest BCUT2D eigenvalue weighted by molar-refractivity contribution is 5.97. The van der Waals surface area contributed by atoms with Crippen LogP contribution in [0.2, 0.25) is 0 Å². The SMILES string of the molecule is CN=C(NCc1cccc(NC(C)=O)c1)N1CCc2ccccc21. The third-order valence-electron chi connectivity index (χ3n) is 4.05. The highest BCUT2D eigenvalue weighted by Gasteiger charge is 2.22. The Bertz CT molecular complexity index is 769. The summed E-state index contributed by atoms with van der Waals surface area (Å²) in [6, 6.07) is 16.3. The van der Waals surface area contributed by atoms with E-state index in [0.29, 0.717) is 6.54 Å². The predicted molar refractivity (Wildman–Crippen MR) is 98.4 cm³/mol. The number of anilines is 2. The first kappa shape index (κ1) is 16.1. The summed E-state index contributed by atoms with van der Waals surface area (Å²) < 4.78 is 0. The molecule has 1 aliphatic rings. The van der Waals surface area contributed by atoms with E-state index in [9.17, 15) is 4.79 Å². The lowest BCUT2D eigenvalue weighted by molar-refractivity contribution is -0.114. The fourth-order valence-electron chi connectivity index (χ4n) is 3.00. The predicted octanol–water partition coefficient (Wildman–Crippen LogP) is 2.78. The standard InChI is InChI=1S/C19H22N4O/c1-14(24)22-17-8-5-6-15(12-17)13-21-19(20-2)23-11-10-16-7-3-4-9-18(16)23/h3-9,12H,10-11,13H2,1-2H3,(H,20,21)(H,22,24). The molecule has 5 heteroatoms. The van der Waals surface area contributed by atoms with Crippen molar-refractivity contribution in [3.63, 3.8) is 0 Å². The number of benzene rings is 2. The minimum atomic E-state index is -0.0652. The van der Waals surface area contributed by atoms with Crippen molar-refractivity contribution in [1.82, 2.24) is 5.32 Å². The van der Waals surface area contributed by atoms with Gasteiger partial charge in [0.25, 0.3) is 0 Å². The smallest absolute Gasteiger partial charge is 0.221 e. The monoisotopic (exact) mass is 322 g/mol. The molecule has 3 rings (SSSR count). The van der Waals surface area contributed by atoms with Crippen LogP contribution in [0, 0.1) is 0 Å². The minimum absolute atomic E-state index is 0.0652. The summed E-state index contributed by atoms with van der Waals surface area (Å²) in [5.74, 6) is 0.800. The fraction of sp³-hybridized carbons (Fsp3) is 0.263. The molecule has 0 bridgehead atoms. The first-order valence-corrected chi connectivity index (χ1v) is 8.10. The molecule has 2 aromatic rings. The van der Waals surface area contributed by atoms with E-state index in [1.807, 2.05) is 24.3 Å². The number of carbonyl (C=O) groups excluding carboxylic acids is 1. The molecule has 0 saturated carbocycles. The lowest BCUT2D eigenvalue weighted by Crippen LogP contribution is -2.40. The largest absolute Gasteiger partial charge is 0.352 e. The maximum atomic E-state index is 11.2. The van der Waals surface area contributed by atoms with Crippen molar-refractivity contribution in [2.45, 2.75) is 19.9 Å². The van der Waals surface area contributed by atoms with Crippen LogP contribution in [-0.2, 0) is 17.8 Å². The van der Waals surface area contributed by atoms with Crippen LogP contribution in [0.1, 0.15) is 18.1 Å². The molecule has 0 fully saturated rings. The maximum Gasteiger partial charge on any atom is 0.221 e. The van der Waals surface area contributed by atoms with Crippen LogP contribution in [0.15, 0.2) is 53.5 Å². The normalized spacial score (nSPS) is 13.6. The molecule has 2 N–H and O–H groups in total. The van der Waals surface area contributed by atoms with Crippen LogP contribution in [0.4, 0.5) is 11.4 Å². The third kappa shape index (κ3) is 3.56. The number of para-hydroxylation sites is 1. The van der Waals surface area contributed by atoms with Gasteiger partial charge in [-0.25, -0.2) is 0 Å². The van der Waals surface area contributed by atoms with Crippen LogP contribution >= 0.6 is 0 Å². The van der Waals surface area contributed by atoms with Crippen molar-refractivity contribution in [2.24, 2.45) is 4.99 Å². The maximum absolute atomic E-state index is 11.2. The minimum Gasteiger partial charge on any atom is -0.352 e. The van der Waals surface area contributed by atoms with Gasteiger partial charge < -0.3 is 15.5 Å². The first-order chi connectivity index (χ1) is 11.7. The average molecular weight is 322 g/mol. The molecule has 0 aliphatic carbocycles. The number of fused-ring (bicyclic) bond motifs is 1. The van der Waals surface area contributed by atoms with Gasteiger partial charge in [0.15, 0.2) is 5.96 Å². The van der Waals surface area contributed by atoms with E-state index >= 15 is 0 Å². The van der Waals surface area contributed by atoms with Crippen molar-refractivity contribution in [3.8, 4) is 0 Å². The van der Waals surface area contributed by atoms with E-state index in [-0.39, 0.29) is 5.91 Å². The number of aliphatic imine (C=N–C) groups is 1. The molecule has 1 aliphatic heterocycles. The summed E-state index contributed by atoms with van der Waals surface area (Å²) in [6.45, 7) is 3.10. The number of carbonyl (C=O) groups is 1. The van der Waals surface area contributed by atoms with E-state index in [1.165, 1.54) is 18.2 Å². The molecule has 1 amide bonds. The van der Waals surface area contributed by atoms with Crippen molar-refractivity contribution in [3.05, 3.63) is 59.7 Å². The second kappa shape index (κ2) is 7.17. The quantitative estimate of drug-likeness (QED) is 0.675. The number of guanidine groups is 1. The summed E-state index contributed by atoms with van der Waals surface area (Å²) in [4.78, 5) is 17.8. The Labute approximate surface area is 142 Å². The van der Waals surface area contributed by atoms with Gasteiger partial charge in [0.1, 0.15) is 0 Å². The van der Waals surface area contributed by atoms with Gasteiger partial charge in [-0.1, -0.05) is 30.3 Å². The zero-order chi connectivity index (χ0) is 16.9. The molecule has 24 heavy (non-hydrogen) atoms. The van der Waals surface area contributed by atoms with Gasteiger partial charge in [0.2, 0.25) is 5.91 Å². The lowest BCUT2D eigenvalue weighted by atomic mass is 10.2. The van der Waals surface area contributed by atoms with Crippen LogP contribution in [-0.4, -0.2) is 25.5 Å². The van der Waals surface area contributed by atoms with Crippen molar-refractivity contribution in [2.75, 3.05) is 23.8 Å². The van der Waals surface area contributed by atoms with Crippen LogP contribution < -0.4 is 15.5 Å². The van der Waals surface area contributed by atoms with Gasteiger partial charge >= 0.3 is 0 Å². The summed E-state index contributed by atoms with van der Waals surface area (Å²) in [5.41, 5.74) is 4.48. The summed E-state index contributed by atoms with van der Waals surface area (Å²) >= 11 is 0. The number of rotatable bonds is 3. The molecule has 0 atom stereocenters. The second-order valence-corrected chi connectivity index (χ2v) is 5.81. The molecule has 1 heterocycles. The molecule has 0 radical (unpaired) electrons. The van der Waals surface area contributed by atoms with E-state index in [0.717, 1.165) is 30.2 Å².